The highest BCUT2D eigenvalue weighted by Gasteiger charge is 2.30. The maximum Gasteiger partial charge on any atom is 0.133 e. The van der Waals surface area contributed by atoms with Crippen LogP contribution in [0.15, 0.2) is 12.1 Å². The molecular weight excluding hydrogens is 252 g/mol. The van der Waals surface area contributed by atoms with Gasteiger partial charge in [0, 0.05) is 50.0 Å². The van der Waals surface area contributed by atoms with E-state index in [0.717, 1.165) is 56.5 Å². The van der Waals surface area contributed by atoms with E-state index in [-0.39, 0.29) is 0 Å². The monoisotopic (exact) mass is 276 g/mol. The highest BCUT2D eigenvalue weighted by Crippen LogP contribution is 2.25. The van der Waals surface area contributed by atoms with Crippen molar-refractivity contribution in [2.75, 3.05) is 44.3 Å². The first-order valence-electron chi connectivity index (χ1n) is 7.51. The number of aromatic nitrogens is 1. The van der Waals surface area contributed by atoms with Gasteiger partial charge < -0.3 is 15.4 Å². The van der Waals surface area contributed by atoms with Gasteiger partial charge in [-0.15, -0.1) is 0 Å². The van der Waals surface area contributed by atoms with E-state index < -0.39 is 0 Å². The largest absolute Gasteiger partial charge is 0.379 e. The van der Waals surface area contributed by atoms with Crippen LogP contribution in [-0.4, -0.2) is 55.3 Å². The fourth-order valence-corrected chi connectivity index (χ4v) is 3.18. The number of ether oxygens (including phenoxy) is 1. The van der Waals surface area contributed by atoms with Gasteiger partial charge in [0.15, 0.2) is 0 Å². The molecule has 3 rings (SSSR count). The summed E-state index contributed by atoms with van der Waals surface area (Å²) in [6, 6.07) is 4.79. The quantitative estimate of drug-likeness (QED) is 0.883. The Hall–Kier alpha value is -1.17. The molecule has 1 atom stereocenters. The molecule has 0 saturated carbocycles. The van der Waals surface area contributed by atoms with Crippen LogP contribution in [0, 0.1) is 6.92 Å². The fourth-order valence-electron chi connectivity index (χ4n) is 3.18. The fraction of sp³-hybridized carbons (Fsp3) is 0.667. The number of hydrogen-bond acceptors (Lipinski definition) is 5. The highest BCUT2D eigenvalue weighted by atomic mass is 16.5. The van der Waals surface area contributed by atoms with Gasteiger partial charge >= 0.3 is 0 Å². The van der Waals surface area contributed by atoms with Crippen molar-refractivity contribution in [2.24, 2.45) is 5.73 Å². The lowest BCUT2D eigenvalue weighted by Crippen LogP contribution is -2.44. The summed E-state index contributed by atoms with van der Waals surface area (Å²) in [5.41, 5.74) is 8.07. The highest BCUT2D eigenvalue weighted by molar-refractivity contribution is 5.49. The maximum absolute atomic E-state index is 5.85. The van der Waals surface area contributed by atoms with Gasteiger partial charge in [0.2, 0.25) is 0 Å². The topological polar surface area (TPSA) is 54.6 Å². The van der Waals surface area contributed by atoms with Crippen LogP contribution < -0.4 is 10.6 Å². The summed E-state index contributed by atoms with van der Waals surface area (Å²) in [5.74, 6) is 1.09. The van der Waals surface area contributed by atoms with Crippen molar-refractivity contribution in [3.8, 4) is 0 Å². The molecule has 0 bridgehead atoms. The Morgan fingerprint density at radius 1 is 1.30 bits per heavy atom. The Kier molecular flexibility index (Phi) is 4.19. The van der Waals surface area contributed by atoms with Crippen LogP contribution in [0.4, 0.5) is 5.82 Å². The normalized spacial score (nSPS) is 24.3. The van der Waals surface area contributed by atoms with Crippen molar-refractivity contribution < 1.29 is 4.74 Å². The minimum atomic E-state index is 0.557. The molecule has 0 amide bonds. The molecule has 1 aromatic heterocycles. The molecule has 1 unspecified atom stereocenters. The Balaban J connectivity index is 1.71. The van der Waals surface area contributed by atoms with Gasteiger partial charge in [0.05, 0.1) is 13.2 Å². The summed E-state index contributed by atoms with van der Waals surface area (Å²) < 4.78 is 5.44. The van der Waals surface area contributed by atoms with Crippen LogP contribution in [0.1, 0.15) is 17.7 Å². The van der Waals surface area contributed by atoms with Crippen LogP contribution in [0.5, 0.6) is 0 Å². The number of anilines is 1. The average molecular weight is 276 g/mol. The van der Waals surface area contributed by atoms with E-state index in [0.29, 0.717) is 12.6 Å². The summed E-state index contributed by atoms with van der Waals surface area (Å²) in [5, 5.41) is 0. The number of rotatable bonds is 3. The first kappa shape index (κ1) is 13.8. The third-order valence-corrected chi connectivity index (χ3v) is 4.34. The molecule has 2 aliphatic heterocycles. The van der Waals surface area contributed by atoms with E-state index in [1.807, 2.05) is 13.0 Å². The zero-order valence-electron chi connectivity index (χ0n) is 12.2. The molecule has 1 aromatic rings. The van der Waals surface area contributed by atoms with Crippen LogP contribution in [0.3, 0.4) is 0 Å². The average Bonchev–Trinajstić information content (AvgIpc) is 2.98. The van der Waals surface area contributed by atoms with Crippen LogP contribution >= 0.6 is 0 Å². The molecule has 2 fully saturated rings. The number of hydrogen-bond donors (Lipinski definition) is 1. The van der Waals surface area contributed by atoms with E-state index in [9.17, 15) is 0 Å². The molecule has 0 radical (unpaired) electrons. The molecule has 0 aliphatic carbocycles. The Morgan fingerprint density at radius 2 is 2.10 bits per heavy atom. The molecule has 2 saturated heterocycles. The first-order chi connectivity index (χ1) is 9.78. The Labute approximate surface area is 120 Å². The lowest BCUT2D eigenvalue weighted by Gasteiger charge is -2.32. The molecule has 5 nitrogen and oxygen atoms in total. The smallest absolute Gasteiger partial charge is 0.133 e. The third kappa shape index (κ3) is 2.80. The third-order valence-electron chi connectivity index (χ3n) is 4.34. The van der Waals surface area contributed by atoms with Crippen LogP contribution in [0.25, 0.3) is 0 Å². The van der Waals surface area contributed by atoms with Crippen molar-refractivity contribution in [1.82, 2.24) is 9.88 Å². The summed E-state index contributed by atoms with van der Waals surface area (Å²) in [4.78, 5) is 9.66. The second kappa shape index (κ2) is 6.08. The molecule has 5 heteroatoms. The van der Waals surface area contributed by atoms with E-state index in [1.165, 1.54) is 6.42 Å². The molecule has 2 aliphatic rings. The second-order valence-corrected chi connectivity index (χ2v) is 5.68. The first-order valence-corrected chi connectivity index (χ1v) is 7.51. The van der Waals surface area contributed by atoms with Gasteiger partial charge in [-0.05, 0) is 19.4 Å². The van der Waals surface area contributed by atoms with Gasteiger partial charge in [-0.3, -0.25) is 4.90 Å². The number of aryl methyl sites for hydroxylation is 1. The lowest BCUT2D eigenvalue weighted by molar-refractivity contribution is 0.0209. The summed E-state index contributed by atoms with van der Waals surface area (Å²) in [6.45, 7) is 8.59. The van der Waals surface area contributed by atoms with Crippen LogP contribution in [-0.2, 0) is 11.3 Å². The van der Waals surface area contributed by atoms with Crippen LogP contribution in [0.2, 0.25) is 0 Å². The zero-order valence-corrected chi connectivity index (χ0v) is 12.2. The van der Waals surface area contributed by atoms with Gasteiger partial charge in [-0.1, -0.05) is 6.07 Å². The van der Waals surface area contributed by atoms with Gasteiger partial charge in [0.25, 0.3) is 0 Å². The van der Waals surface area contributed by atoms with Crippen molar-refractivity contribution in [3.63, 3.8) is 0 Å². The Morgan fingerprint density at radius 3 is 2.85 bits per heavy atom. The predicted molar refractivity (Wildman–Crippen MR) is 79.9 cm³/mol. The SMILES string of the molecule is Cc1ccc(CN)c(N2CCC(N3CCOCC3)C2)n1. The summed E-state index contributed by atoms with van der Waals surface area (Å²) >= 11 is 0. The lowest BCUT2D eigenvalue weighted by atomic mass is 10.2. The summed E-state index contributed by atoms with van der Waals surface area (Å²) in [7, 11) is 0. The molecule has 20 heavy (non-hydrogen) atoms. The van der Waals surface area contributed by atoms with E-state index in [4.69, 9.17) is 15.5 Å². The number of nitrogens with two attached hydrogens (primary N) is 1. The van der Waals surface area contributed by atoms with Gasteiger partial charge in [-0.25, -0.2) is 4.98 Å². The van der Waals surface area contributed by atoms with Gasteiger partial charge in [0.1, 0.15) is 5.82 Å². The van der Waals surface area contributed by atoms with Gasteiger partial charge in [-0.2, -0.15) is 0 Å². The van der Waals surface area contributed by atoms with Crippen molar-refractivity contribution >= 4 is 5.82 Å². The van der Waals surface area contributed by atoms with E-state index in [1.54, 1.807) is 0 Å². The van der Waals surface area contributed by atoms with E-state index >= 15 is 0 Å². The number of nitrogens with zero attached hydrogens (tertiary/aromatic N) is 3. The Bertz CT molecular complexity index is 459. The molecule has 3 heterocycles. The molecule has 110 valence electrons. The van der Waals surface area contributed by atoms with E-state index in [2.05, 4.69) is 15.9 Å². The molecule has 2 N–H and O–H groups in total. The molecular formula is C15H24N4O. The van der Waals surface area contributed by atoms with Crippen molar-refractivity contribution in [2.45, 2.75) is 25.9 Å². The minimum absolute atomic E-state index is 0.557. The maximum atomic E-state index is 5.85. The number of morpholine rings is 1. The molecule has 0 aromatic carbocycles. The van der Waals surface area contributed by atoms with Crippen molar-refractivity contribution in [3.05, 3.63) is 23.4 Å². The molecule has 0 spiro atoms. The minimum Gasteiger partial charge on any atom is -0.379 e. The second-order valence-electron chi connectivity index (χ2n) is 5.68. The zero-order chi connectivity index (χ0) is 13.9. The summed E-state index contributed by atoms with van der Waals surface area (Å²) in [6.07, 6.45) is 1.21. The predicted octanol–water partition coefficient (Wildman–Crippen LogP) is 0.760. The number of pyridine rings is 1. The standard InChI is InChI=1S/C15H24N4O/c1-12-2-3-13(10-16)15(17-12)19-5-4-14(11-19)18-6-8-20-9-7-18/h2-3,14H,4-11,16H2,1H3. The van der Waals surface area contributed by atoms with Crippen molar-refractivity contribution in [1.29, 1.82) is 0 Å².